The standard InChI is InChI=1S/C15H17N5S/c1-3-16-14-12(9-21-15-17-10(2)19-20-15)8-11-6-4-5-7-13(11)18-14/h4-8H,3,9H2,1-2H3,(H,16,18)(H,17,19,20). The molecule has 0 radical (unpaired) electrons. The molecule has 0 aliphatic rings. The van der Waals surface area contributed by atoms with Gasteiger partial charge in [-0.1, -0.05) is 30.0 Å². The van der Waals surface area contributed by atoms with E-state index in [1.54, 1.807) is 11.8 Å². The van der Waals surface area contributed by atoms with Crippen LogP contribution in [0.3, 0.4) is 0 Å². The second-order valence-corrected chi connectivity index (χ2v) is 5.65. The summed E-state index contributed by atoms with van der Waals surface area (Å²) in [6.07, 6.45) is 0. The van der Waals surface area contributed by atoms with E-state index in [9.17, 15) is 0 Å². The topological polar surface area (TPSA) is 66.5 Å². The highest BCUT2D eigenvalue weighted by molar-refractivity contribution is 7.98. The Labute approximate surface area is 127 Å². The van der Waals surface area contributed by atoms with E-state index in [1.807, 2.05) is 25.1 Å². The molecule has 2 N–H and O–H groups in total. The Kier molecular flexibility index (Phi) is 4.06. The number of nitrogens with one attached hydrogen (secondary N) is 2. The van der Waals surface area contributed by atoms with Crippen LogP contribution < -0.4 is 5.32 Å². The molecule has 5 nitrogen and oxygen atoms in total. The smallest absolute Gasteiger partial charge is 0.208 e. The Bertz CT molecular complexity index is 753. The Morgan fingerprint density at radius 2 is 2.10 bits per heavy atom. The monoisotopic (exact) mass is 299 g/mol. The number of benzene rings is 1. The molecule has 0 atom stereocenters. The molecule has 3 aromatic rings. The van der Waals surface area contributed by atoms with Crippen molar-refractivity contribution in [1.82, 2.24) is 20.2 Å². The van der Waals surface area contributed by atoms with Gasteiger partial charge in [0.25, 0.3) is 0 Å². The molecule has 21 heavy (non-hydrogen) atoms. The molecule has 0 spiro atoms. The second-order valence-electron chi connectivity index (χ2n) is 4.71. The molecule has 0 bridgehead atoms. The van der Waals surface area contributed by atoms with E-state index >= 15 is 0 Å². The van der Waals surface area contributed by atoms with Crippen LogP contribution in [0.1, 0.15) is 18.3 Å². The number of pyridine rings is 1. The molecule has 2 heterocycles. The fraction of sp³-hybridized carbons (Fsp3) is 0.267. The fourth-order valence-corrected chi connectivity index (χ4v) is 2.94. The van der Waals surface area contributed by atoms with Gasteiger partial charge >= 0.3 is 0 Å². The summed E-state index contributed by atoms with van der Waals surface area (Å²) in [5.74, 6) is 2.56. The van der Waals surface area contributed by atoms with Gasteiger partial charge in [-0.3, -0.25) is 5.10 Å². The van der Waals surface area contributed by atoms with Crippen LogP contribution in [0.5, 0.6) is 0 Å². The summed E-state index contributed by atoms with van der Waals surface area (Å²) in [7, 11) is 0. The molecular formula is C15H17N5S. The number of hydrogen-bond donors (Lipinski definition) is 2. The number of hydrogen-bond acceptors (Lipinski definition) is 5. The molecule has 0 unspecified atom stereocenters. The zero-order valence-electron chi connectivity index (χ0n) is 12.1. The number of rotatable bonds is 5. The highest BCUT2D eigenvalue weighted by Gasteiger charge is 2.08. The van der Waals surface area contributed by atoms with Crippen molar-refractivity contribution in [3.63, 3.8) is 0 Å². The second kappa shape index (κ2) is 6.13. The number of H-pyrrole nitrogens is 1. The first-order chi connectivity index (χ1) is 10.3. The highest BCUT2D eigenvalue weighted by Crippen LogP contribution is 2.26. The van der Waals surface area contributed by atoms with Gasteiger partial charge in [0.2, 0.25) is 5.16 Å². The molecule has 0 saturated heterocycles. The zero-order chi connectivity index (χ0) is 14.7. The van der Waals surface area contributed by atoms with Gasteiger partial charge in [-0.05, 0) is 26.0 Å². The number of fused-ring (bicyclic) bond motifs is 1. The first-order valence-electron chi connectivity index (χ1n) is 6.90. The SMILES string of the molecule is CCNc1nc2ccccc2cc1CSc1n[nH]c(C)n1. The van der Waals surface area contributed by atoms with Gasteiger partial charge in [0.15, 0.2) is 0 Å². The molecule has 1 aromatic carbocycles. The predicted molar refractivity (Wildman–Crippen MR) is 86.6 cm³/mol. The molecule has 0 aliphatic carbocycles. The Morgan fingerprint density at radius 3 is 2.86 bits per heavy atom. The van der Waals surface area contributed by atoms with Crippen LogP contribution in [0.4, 0.5) is 5.82 Å². The van der Waals surface area contributed by atoms with Crippen molar-refractivity contribution in [1.29, 1.82) is 0 Å². The van der Waals surface area contributed by atoms with Crippen LogP contribution in [-0.4, -0.2) is 26.7 Å². The zero-order valence-corrected chi connectivity index (χ0v) is 12.9. The van der Waals surface area contributed by atoms with Crippen molar-refractivity contribution in [2.75, 3.05) is 11.9 Å². The fourth-order valence-electron chi connectivity index (χ4n) is 2.12. The van der Waals surface area contributed by atoms with Gasteiger partial charge in [-0.25, -0.2) is 9.97 Å². The molecule has 0 saturated carbocycles. The normalized spacial score (nSPS) is 11.0. The Balaban J connectivity index is 1.89. The van der Waals surface area contributed by atoms with Gasteiger partial charge in [0.1, 0.15) is 11.6 Å². The molecule has 2 aromatic heterocycles. The molecule has 0 amide bonds. The third-order valence-electron chi connectivity index (χ3n) is 3.08. The summed E-state index contributed by atoms with van der Waals surface area (Å²) in [4.78, 5) is 9.03. The molecule has 3 rings (SSSR count). The van der Waals surface area contributed by atoms with Crippen molar-refractivity contribution >= 4 is 28.5 Å². The van der Waals surface area contributed by atoms with Crippen molar-refractivity contribution < 1.29 is 0 Å². The van der Waals surface area contributed by atoms with E-state index in [2.05, 4.69) is 39.6 Å². The van der Waals surface area contributed by atoms with E-state index < -0.39 is 0 Å². The van der Waals surface area contributed by atoms with Gasteiger partial charge in [-0.15, -0.1) is 5.10 Å². The number of anilines is 1. The quantitative estimate of drug-likeness (QED) is 0.707. The van der Waals surface area contributed by atoms with Crippen LogP contribution in [0.2, 0.25) is 0 Å². The third-order valence-corrected chi connectivity index (χ3v) is 3.98. The molecule has 0 fully saturated rings. The summed E-state index contributed by atoms with van der Waals surface area (Å²) in [5, 5.41) is 12.3. The van der Waals surface area contributed by atoms with E-state index in [0.29, 0.717) is 0 Å². The minimum atomic E-state index is 0.767. The first-order valence-corrected chi connectivity index (χ1v) is 7.89. The summed E-state index contributed by atoms with van der Waals surface area (Å²) < 4.78 is 0. The molecule has 0 aliphatic heterocycles. The largest absolute Gasteiger partial charge is 0.370 e. The predicted octanol–water partition coefficient (Wildman–Crippen LogP) is 3.39. The molecular weight excluding hydrogens is 282 g/mol. The van der Waals surface area contributed by atoms with Gasteiger partial charge in [-0.2, -0.15) is 0 Å². The van der Waals surface area contributed by atoms with E-state index in [-0.39, 0.29) is 0 Å². The van der Waals surface area contributed by atoms with Crippen molar-refractivity contribution in [3.8, 4) is 0 Å². The maximum atomic E-state index is 4.71. The average Bonchev–Trinajstić information content (AvgIpc) is 2.91. The lowest BCUT2D eigenvalue weighted by molar-refractivity contribution is 0.969. The van der Waals surface area contributed by atoms with Crippen LogP contribution in [0.15, 0.2) is 35.5 Å². The van der Waals surface area contributed by atoms with Crippen molar-refractivity contribution in [2.45, 2.75) is 24.8 Å². The average molecular weight is 299 g/mol. The minimum absolute atomic E-state index is 0.767. The number of aryl methyl sites for hydroxylation is 1. The lowest BCUT2D eigenvalue weighted by atomic mass is 10.1. The summed E-state index contributed by atoms with van der Waals surface area (Å²) in [5.41, 5.74) is 2.18. The lowest BCUT2D eigenvalue weighted by Crippen LogP contribution is -2.03. The summed E-state index contributed by atoms with van der Waals surface area (Å²) in [6, 6.07) is 10.4. The van der Waals surface area contributed by atoms with E-state index in [4.69, 9.17) is 4.98 Å². The Hall–Kier alpha value is -2.08. The Morgan fingerprint density at radius 1 is 1.24 bits per heavy atom. The number of thioether (sulfide) groups is 1. The van der Waals surface area contributed by atoms with Crippen LogP contribution in [0, 0.1) is 6.92 Å². The van der Waals surface area contributed by atoms with Crippen LogP contribution >= 0.6 is 11.8 Å². The number of para-hydroxylation sites is 1. The van der Waals surface area contributed by atoms with Gasteiger partial charge in [0, 0.05) is 23.2 Å². The highest BCUT2D eigenvalue weighted by atomic mass is 32.2. The van der Waals surface area contributed by atoms with Crippen molar-refractivity contribution in [2.24, 2.45) is 0 Å². The van der Waals surface area contributed by atoms with Crippen LogP contribution in [-0.2, 0) is 5.75 Å². The number of nitrogens with zero attached hydrogens (tertiary/aromatic N) is 3. The third kappa shape index (κ3) is 3.16. The van der Waals surface area contributed by atoms with Crippen molar-refractivity contribution in [3.05, 3.63) is 41.7 Å². The number of aromatic nitrogens is 4. The van der Waals surface area contributed by atoms with Gasteiger partial charge in [0.05, 0.1) is 5.52 Å². The van der Waals surface area contributed by atoms with Crippen LogP contribution in [0.25, 0.3) is 10.9 Å². The first kappa shape index (κ1) is 13.9. The van der Waals surface area contributed by atoms with E-state index in [0.717, 1.165) is 40.0 Å². The molecule has 108 valence electrons. The van der Waals surface area contributed by atoms with Gasteiger partial charge < -0.3 is 5.32 Å². The summed E-state index contributed by atoms with van der Waals surface area (Å²) >= 11 is 1.61. The maximum Gasteiger partial charge on any atom is 0.208 e. The minimum Gasteiger partial charge on any atom is -0.370 e. The maximum absolute atomic E-state index is 4.71. The molecule has 6 heteroatoms. The lowest BCUT2D eigenvalue weighted by Gasteiger charge is -2.10. The summed E-state index contributed by atoms with van der Waals surface area (Å²) in [6.45, 7) is 4.83. The number of aromatic amines is 1. The van der Waals surface area contributed by atoms with E-state index in [1.165, 1.54) is 5.56 Å².